The van der Waals surface area contributed by atoms with Crippen LogP contribution in [0, 0.1) is 5.92 Å². The maximum Gasteiger partial charge on any atom is 0.408 e. The van der Waals surface area contributed by atoms with Crippen molar-refractivity contribution in [2.45, 2.75) is 78.7 Å². The number of carbonyl (C=O) groups excluding carboxylic acids is 3. The molecule has 0 aromatic heterocycles. The van der Waals surface area contributed by atoms with Crippen LogP contribution in [-0.4, -0.2) is 45.6 Å². The van der Waals surface area contributed by atoms with Gasteiger partial charge in [0.2, 0.25) is 11.8 Å². The molecule has 2 atom stereocenters. The van der Waals surface area contributed by atoms with Crippen molar-refractivity contribution in [1.29, 1.82) is 0 Å². The Bertz CT molecular complexity index is 1030. The number of nitrogens with one attached hydrogen (secondary N) is 2. The van der Waals surface area contributed by atoms with Gasteiger partial charge in [0.05, 0.1) is 0 Å². The minimum Gasteiger partial charge on any atom is -0.508 e. The second-order valence-electron chi connectivity index (χ2n) is 10.4. The highest BCUT2D eigenvalue weighted by atomic mass is 16.6. The summed E-state index contributed by atoms with van der Waals surface area (Å²) in [5.41, 5.74) is 0.644. The quantitative estimate of drug-likeness (QED) is 0.472. The fraction of sp³-hybridized carbons (Fsp3) is 0.464. The van der Waals surface area contributed by atoms with Crippen molar-refractivity contribution < 1.29 is 24.2 Å². The lowest BCUT2D eigenvalue weighted by atomic mass is 9.97. The molecular weight excluding hydrogens is 458 g/mol. The number of benzene rings is 2. The molecule has 0 aliphatic rings. The molecule has 8 heteroatoms. The molecule has 0 saturated heterocycles. The van der Waals surface area contributed by atoms with Crippen molar-refractivity contribution in [3.8, 4) is 5.75 Å². The highest BCUT2D eigenvalue weighted by Gasteiger charge is 2.39. The summed E-state index contributed by atoms with van der Waals surface area (Å²) in [6, 6.07) is 13.4. The summed E-state index contributed by atoms with van der Waals surface area (Å²) >= 11 is 0. The summed E-state index contributed by atoms with van der Waals surface area (Å²) < 4.78 is 5.37. The lowest BCUT2D eigenvalue weighted by molar-refractivity contribution is -0.145. The zero-order valence-electron chi connectivity index (χ0n) is 22.2. The predicted octanol–water partition coefficient (Wildman–Crippen LogP) is 4.54. The Labute approximate surface area is 214 Å². The first kappa shape index (κ1) is 28.7. The Balaban J connectivity index is 2.43. The topological polar surface area (TPSA) is 108 Å². The van der Waals surface area contributed by atoms with Gasteiger partial charge in [-0.3, -0.25) is 9.59 Å². The highest BCUT2D eigenvalue weighted by Crippen LogP contribution is 2.28. The lowest BCUT2D eigenvalue weighted by Gasteiger charge is -2.38. The number of hydrogen-bond donors (Lipinski definition) is 3. The smallest absolute Gasteiger partial charge is 0.408 e. The van der Waals surface area contributed by atoms with E-state index in [0.29, 0.717) is 5.56 Å². The summed E-state index contributed by atoms with van der Waals surface area (Å²) in [5.74, 6) is -1.11. The molecule has 0 aliphatic heterocycles. The second kappa shape index (κ2) is 12.4. The molecule has 2 aromatic rings. The van der Waals surface area contributed by atoms with E-state index in [9.17, 15) is 19.5 Å². The van der Waals surface area contributed by atoms with E-state index in [1.54, 1.807) is 32.9 Å². The van der Waals surface area contributed by atoms with E-state index in [1.165, 1.54) is 17.0 Å². The van der Waals surface area contributed by atoms with Gasteiger partial charge in [-0.15, -0.1) is 0 Å². The Morgan fingerprint density at radius 3 is 2.14 bits per heavy atom. The first-order valence-electron chi connectivity index (χ1n) is 12.2. The van der Waals surface area contributed by atoms with Gasteiger partial charge in [0.15, 0.2) is 0 Å². The van der Waals surface area contributed by atoms with Crippen LogP contribution >= 0.6 is 0 Å². The van der Waals surface area contributed by atoms with Gasteiger partial charge in [-0.2, -0.15) is 0 Å². The molecule has 3 amide bonds. The van der Waals surface area contributed by atoms with Crippen molar-refractivity contribution in [2.75, 3.05) is 0 Å². The van der Waals surface area contributed by atoms with Crippen molar-refractivity contribution in [3.63, 3.8) is 0 Å². The molecule has 0 radical (unpaired) electrons. The van der Waals surface area contributed by atoms with Crippen LogP contribution in [0.1, 0.15) is 65.6 Å². The van der Waals surface area contributed by atoms with Crippen LogP contribution in [0.2, 0.25) is 0 Å². The molecule has 2 aromatic carbocycles. The Hall–Kier alpha value is -3.55. The average Bonchev–Trinajstić information content (AvgIpc) is 2.78. The van der Waals surface area contributed by atoms with Gasteiger partial charge in [-0.25, -0.2) is 4.79 Å². The van der Waals surface area contributed by atoms with Crippen molar-refractivity contribution in [2.24, 2.45) is 5.92 Å². The van der Waals surface area contributed by atoms with E-state index in [0.717, 1.165) is 5.56 Å². The van der Waals surface area contributed by atoms with Crippen LogP contribution in [0.4, 0.5) is 4.79 Å². The predicted molar refractivity (Wildman–Crippen MR) is 139 cm³/mol. The highest BCUT2D eigenvalue weighted by molar-refractivity contribution is 5.92. The van der Waals surface area contributed by atoms with E-state index in [2.05, 4.69) is 10.6 Å². The molecular formula is C28H39N3O5. The second-order valence-corrected chi connectivity index (χ2v) is 10.4. The zero-order valence-corrected chi connectivity index (χ0v) is 22.2. The molecule has 0 saturated carbocycles. The molecule has 0 spiro atoms. The van der Waals surface area contributed by atoms with Gasteiger partial charge >= 0.3 is 6.09 Å². The number of rotatable bonds is 9. The first-order chi connectivity index (χ1) is 16.8. The number of hydrogen-bond acceptors (Lipinski definition) is 5. The number of carbonyl (C=O) groups is 3. The lowest BCUT2D eigenvalue weighted by Crippen LogP contribution is -2.56. The fourth-order valence-corrected chi connectivity index (χ4v) is 3.80. The van der Waals surface area contributed by atoms with Crippen molar-refractivity contribution >= 4 is 17.9 Å². The number of phenolic OH excluding ortho intramolecular Hbond substituents is 1. The molecule has 0 bridgehead atoms. The van der Waals surface area contributed by atoms with Crippen LogP contribution in [0.5, 0.6) is 5.75 Å². The van der Waals surface area contributed by atoms with Crippen molar-refractivity contribution in [1.82, 2.24) is 15.5 Å². The van der Waals surface area contributed by atoms with Crippen LogP contribution in [-0.2, 0) is 20.9 Å². The Kier molecular flexibility index (Phi) is 9.90. The van der Waals surface area contributed by atoms with E-state index < -0.39 is 41.6 Å². The Morgan fingerprint density at radius 2 is 1.61 bits per heavy atom. The summed E-state index contributed by atoms with van der Waals surface area (Å²) in [7, 11) is 0. The Morgan fingerprint density at radius 1 is 0.972 bits per heavy atom. The van der Waals surface area contributed by atoms with Crippen LogP contribution in [0.15, 0.2) is 54.6 Å². The fourth-order valence-electron chi connectivity index (χ4n) is 3.80. The van der Waals surface area contributed by atoms with Gasteiger partial charge in [0, 0.05) is 12.6 Å². The molecule has 8 nitrogen and oxygen atoms in total. The number of nitrogens with zero attached hydrogens (tertiary/aromatic N) is 1. The standard InChI is InChI=1S/C28H39N3O5/c1-18(2)23(30-27(35)36-28(5,6)7)26(34)31(19(3)4)24(21-14-11-15-22(32)16-21)25(33)29-17-20-12-9-8-10-13-20/h8-16,18-19,23-24,32H,17H2,1-7H3,(H,29,33)(H,30,35). The monoisotopic (exact) mass is 497 g/mol. The summed E-state index contributed by atoms with van der Waals surface area (Å²) in [6.07, 6.45) is -0.708. The van der Waals surface area contributed by atoms with E-state index in [-0.39, 0.29) is 18.2 Å². The molecule has 0 fully saturated rings. The van der Waals surface area contributed by atoms with Gasteiger partial charge < -0.3 is 25.4 Å². The molecule has 196 valence electrons. The zero-order chi connectivity index (χ0) is 27.0. The number of ether oxygens (including phenoxy) is 1. The molecule has 2 unspecified atom stereocenters. The molecule has 3 N–H and O–H groups in total. The summed E-state index contributed by atoms with van der Waals surface area (Å²) in [6.45, 7) is 12.8. The number of alkyl carbamates (subject to hydrolysis) is 1. The third kappa shape index (κ3) is 8.29. The third-order valence-corrected chi connectivity index (χ3v) is 5.44. The SMILES string of the molecule is CC(C)C(NC(=O)OC(C)(C)C)C(=O)N(C(C)C)C(C(=O)NCc1ccccc1)c1cccc(O)c1. The van der Waals surface area contributed by atoms with Gasteiger partial charge in [0.1, 0.15) is 23.4 Å². The maximum absolute atomic E-state index is 13.9. The van der Waals surface area contributed by atoms with Crippen LogP contribution in [0.3, 0.4) is 0 Å². The molecule has 36 heavy (non-hydrogen) atoms. The average molecular weight is 498 g/mol. The van der Waals surface area contributed by atoms with E-state index in [1.807, 2.05) is 58.0 Å². The van der Waals surface area contributed by atoms with E-state index in [4.69, 9.17) is 4.74 Å². The number of amides is 3. The molecule has 0 aliphatic carbocycles. The number of aromatic hydroxyl groups is 1. The summed E-state index contributed by atoms with van der Waals surface area (Å²) in [5, 5.41) is 15.7. The third-order valence-electron chi connectivity index (χ3n) is 5.44. The maximum atomic E-state index is 13.9. The van der Waals surface area contributed by atoms with Gasteiger partial charge in [-0.1, -0.05) is 56.3 Å². The van der Waals surface area contributed by atoms with Crippen LogP contribution in [0.25, 0.3) is 0 Å². The van der Waals surface area contributed by atoms with Gasteiger partial charge in [0.25, 0.3) is 0 Å². The van der Waals surface area contributed by atoms with Gasteiger partial charge in [-0.05, 0) is 63.8 Å². The van der Waals surface area contributed by atoms with E-state index >= 15 is 0 Å². The minimum atomic E-state index is -1.03. The van der Waals surface area contributed by atoms with Crippen molar-refractivity contribution in [3.05, 3.63) is 65.7 Å². The minimum absolute atomic E-state index is 0.0168. The molecule has 2 rings (SSSR count). The largest absolute Gasteiger partial charge is 0.508 e. The summed E-state index contributed by atoms with van der Waals surface area (Å²) in [4.78, 5) is 41.5. The molecule has 0 heterocycles. The number of phenols is 1. The van der Waals surface area contributed by atoms with Crippen LogP contribution < -0.4 is 10.6 Å². The normalized spacial score (nSPS) is 13.1. The first-order valence-corrected chi connectivity index (χ1v) is 12.2.